The molecule has 0 radical (unpaired) electrons. The lowest BCUT2D eigenvalue weighted by atomic mass is 9.96. The maximum atomic E-state index is 11.2. The van der Waals surface area contributed by atoms with E-state index in [0.717, 1.165) is 44.4 Å². The molecule has 58 heavy (non-hydrogen) atoms. The Balaban J connectivity index is 1.79. The number of hydrogen-bond acceptors (Lipinski definition) is 11. The molecule has 2 unspecified atom stereocenters. The largest absolute Gasteiger partial charge is 0.394 e. The summed E-state index contributed by atoms with van der Waals surface area (Å²) >= 11 is 0. The maximum absolute atomic E-state index is 11.2. The first kappa shape index (κ1) is 53.7. The molecule has 346 valence electrons. The van der Waals surface area contributed by atoms with Crippen LogP contribution in [0.3, 0.4) is 0 Å². The van der Waals surface area contributed by atoms with Gasteiger partial charge in [-0.15, -0.1) is 0 Å². The van der Waals surface area contributed by atoms with Crippen molar-refractivity contribution in [3.05, 3.63) is 0 Å². The van der Waals surface area contributed by atoms with Gasteiger partial charge >= 0.3 is 0 Å². The van der Waals surface area contributed by atoms with E-state index in [4.69, 9.17) is 18.9 Å². The van der Waals surface area contributed by atoms with E-state index in [0.29, 0.717) is 0 Å². The second-order valence-corrected chi connectivity index (χ2v) is 18.0. The first-order chi connectivity index (χ1) is 28.2. The first-order valence-corrected chi connectivity index (χ1v) is 24.4. The fourth-order valence-corrected chi connectivity index (χ4v) is 8.54. The second-order valence-electron chi connectivity index (χ2n) is 18.0. The number of rotatable bonds is 37. The maximum Gasteiger partial charge on any atom is 0.187 e. The van der Waals surface area contributed by atoms with E-state index in [-0.39, 0.29) is 6.10 Å². The van der Waals surface area contributed by atoms with Gasteiger partial charge < -0.3 is 54.7 Å². The second kappa shape index (κ2) is 34.1. The highest BCUT2D eigenvalue weighted by molar-refractivity contribution is 4.94. The van der Waals surface area contributed by atoms with Crippen molar-refractivity contribution >= 4 is 0 Å². The molecule has 0 aromatic rings. The molecule has 2 fully saturated rings. The zero-order chi connectivity index (χ0) is 42.4. The van der Waals surface area contributed by atoms with Gasteiger partial charge in [0, 0.05) is 0 Å². The van der Waals surface area contributed by atoms with Gasteiger partial charge in [-0.3, -0.25) is 0 Å². The number of ether oxygens (including phenoxy) is 4. The Kier molecular flexibility index (Phi) is 31.6. The number of unbranched alkanes of at least 4 members (excludes halogenated alkanes) is 24. The van der Waals surface area contributed by atoms with Crippen molar-refractivity contribution in [2.24, 2.45) is 5.92 Å². The van der Waals surface area contributed by atoms with E-state index in [9.17, 15) is 35.7 Å². The zero-order valence-corrected chi connectivity index (χ0v) is 37.3. The highest BCUT2D eigenvalue weighted by Gasteiger charge is 2.51. The Hall–Kier alpha value is -0.440. The van der Waals surface area contributed by atoms with Gasteiger partial charge in [0.25, 0.3) is 0 Å². The molecular formula is C47H92O11. The molecule has 12 atom stereocenters. The summed E-state index contributed by atoms with van der Waals surface area (Å²) < 4.78 is 23.6. The molecule has 0 saturated carbocycles. The molecular weight excluding hydrogens is 741 g/mol. The van der Waals surface area contributed by atoms with Crippen molar-refractivity contribution in [3.63, 3.8) is 0 Å². The third kappa shape index (κ3) is 22.1. The lowest BCUT2D eigenvalue weighted by Crippen LogP contribution is -2.64. The molecule has 2 saturated heterocycles. The van der Waals surface area contributed by atoms with Gasteiger partial charge in [0.2, 0.25) is 0 Å². The molecule has 2 heterocycles. The predicted molar refractivity (Wildman–Crippen MR) is 230 cm³/mol. The molecule has 0 aromatic heterocycles. The van der Waals surface area contributed by atoms with Crippen LogP contribution < -0.4 is 0 Å². The Morgan fingerprint density at radius 2 is 0.810 bits per heavy atom. The van der Waals surface area contributed by atoms with E-state index in [2.05, 4.69) is 20.8 Å². The van der Waals surface area contributed by atoms with Crippen molar-refractivity contribution < 1.29 is 54.7 Å². The van der Waals surface area contributed by atoms with Crippen LogP contribution in [0.2, 0.25) is 0 Å². The smallest absolute Gasteiger partial charge is 0.187 e. The minimum atomic E-state index is -1.70. The minimum absolute atomic E-state index is 0.184. The predicted octanol–water partition coefficient (Wildman–Crippen LogP) is 8.37. The van der Waals surface area contributed by atoms with Gasteiger partial charge in [0.05, 0.1) is 19.3 Å². The highest BCUT2D eigenvalue weighted by atomic mass is 16.7. The normalized spacial score (nSPS) is 28.9. The first-order valence-electron chi connectivity index (χ1n) is 24.4. The van der Waals surface area contributed by atoms with Gasteiger partial charge in [-0.05, 0) is 18.8 Å². The summed E-state index contributed by atoms with van der Waals surface area (Å²) in [4.78, 5) is 0. The van der Waals surface area contributed by atoms with Crippen LogP contribution in [0.25, 0.3) is 0 Å². The van der Waals surface area contributed by atoms with Crippen LogP contribution >= 0.6 is 0 Å². The van der Waals surface area contributed by atoms with Crippen molar-refractivity contribution in [1.29, 1.82) is 0 Å². The molecule has 0 bridgehead atoms. The summed E-state index contributed by atoms with van der Waals surface area (Å²) in [5.41, 5.74) is 0. The summed E-state index contributed by atoms with van der Waals surface area (Å²) in [5.74, 6) is 0.867. The van der Waals surface area contributed by atoms with Crippen molar-refractivity contribution in [1.82, 2.24) is 0 Å². The number of hydrogen-bond donors (Lipinski definition) is 7. The molecule has 11 nitrogen and oxygen atoms in total. The average molecular weight is 833 g/mol. The fraction of sp³-hybridized carbons (Fsp3) is 1.00. The number of aliphatic hydroxyl groups is 7. The molecule has 0 aromatic carbocycles. The molecule has 2 aliphatic rings. The average Bonchev–Trinajstić information content (AvgIpc) is 3.23. The van der Waals surface area contributed by atoms with Gasteiger partial charge in [0.15, 0.2) is 12.6 Å². The standard InChI is InChI=1S/C47H92O11/c1-4-6-7-8-9-10-11-12-13-17-20-23-26-29-32-37(33-30-27-24-21-18-15-14-16-19-22-25-28-31-36(3)5-2)55-46-44(54)42(52)45(39(35-49)57-46)58-47-43(53)41(51)40(50)38(34-48)56-47/h36-54H,4-35H2,1-3H3/t36?,37?,38-,39-,40+,41-,42+,43-,44-,45-,46+,47+/m0/s1. The van der Waals surface area contributed by atoms with Gasteiger partial charge in [-0.2, -0.15) is 0 Å². The molecule has 7 N–H and O–H groups in total. The summed E-state index contributed by atoms with van der Waals surface area (Å²) in [6.45, 7) is 5.69. The quantitative estimate of drug-likeness (QED) is 0.0299. The summed E-state index contributed by atoms with van der Waals surface area (Å²) in [5, 5.41) is 73.0. The third-order valence-corrected chi connectivity index (χ3v) is 12.8. The zero-order valence-electron chi connectivity index (χ0n) is 37.3. The Morgan fingerprint density at radius 1 is 0.431 bits per heavy atom. The monoisotopic (exact) mass is 833 g/mol. The third-order valence-electron chi connectivity index (χ3n) is 12.8. The van der Waals surface area contributed by atoms with Crippen LogP contribution in [-0.4, -0.2) is 116 Å². The number of aliphatic hydroxyl groups excluding tert-OH is 7. The van der Waals surface area contributed by atoms with Crippen LogP contribution in [0.5, 0.6) is 0 Å². The molecule has 2 rings (SSSR count). The molecule has 0 amide bonds. The SMILES string of the molecule is CCCCCCCCCCCCCCCCC(CCCCCCCCCCCCCCC(C)CC)O[C@@H]1O[C@@H](CO)[C@H](O[C@H]2O[C@@H](CO)[C@@H](O)[C@H](O)[C@@H]2O)[C@H](O)[C@@H]1O. The fourth-order valence-electron chi connectivity index (χ4n) is 8.54. The molecule has 0 aliphatic carbocycles. The van der Waals surface area contributed by atoms with E-state index >= 15 is 0 Å². The molecule has 2 aliphatic heterocycles. The van der Waals surface area contributed by atoms with Crippen LogP contribution in [0, 0.1) is 5.92 Å². The lowest BCUT2D eigenvalue weighted by molar-refractivity contribution is -0.363. The van der Waals surface area contributed by atoms with E-state index in [1.54, 1.807) is 0 Å². The minimum Gasteiger partial charge on any atom is -0.394 e. The molecule has 0 spiro atoms. The van der Waals surface area contributed by atoms with Crippen molar-refractivity contribution in [2.75, 3.05) is 13.2 Å². The van der Waals surface area contributed by atoms with E-state index in [1.165, 1.54) is 154 Å². The van der Waals surface area contributed by atoms with Gasteiger partial charge in [-0.25, -0.2) is 0 Å². The Bertz CT molecular complexity index is 925. The van der Waals surface area contributed by atoms with Crippen LogP contribution in [-0.2, 0) is 18.9 Å². The van der Waals surface area contributed by atoms with E-state index < -0.39 is 74.6 Å². The lowest BCUT2D eigenvalue weighted by Gasteiger charge is -2.46. The highest BCUT2D eigenvalue weighted by Crippen LogP contribution is 2.31. The van der Waals surface area contributed by atoms with E-state index in [1.807, 2.05) is 0 Å². The van der Waals surface area contributed by atoms with Gasteiger partial charge in [-0.1, -0.05) is 201 Å². The summed E-state index contributed by atoms with van der Waals surface area (Å²) in [6.07, 6.45) is 22.9. The topological polar surface area (TPSA) is 179 Å². The van der Waals surface area contributed by atoms with Crippen LogP contribution in [0.4, 0.5) is 0 Å². The summed E-state index contributed by atoms with van der Waals surface area (Å²) in [7, 11) is 0. The van der Waals surface area contributed by atoms with Crippen molar-refractivity contribution in [2.45, 2.75) is 281 Å². The van der Waals surface area contributed by atoms with Crippen molar-refractivity contribution in [3.8, 4) is 0 Å². The van der Waals surface area contributed by atoms with Crippen LogP contribution in [0.1, 0.15) is 213 Å². The Labute approximate surface area is 354 Å². The van der Waals surface area contributed by atoms with Crippen LogP contribution in [0.15, 0.2) is 0 Å². The summed E-state index contributed by atoms with van der Waals surface area (Å²) in [6, 6.07) is 0. The molecule has 11 heteroatoms. The Morgan fingerprint density at radius 3 is 1.22 bits per heavy atom. The van der Waals surface area contributed by atoms with Gasteiger partial charge in [0.1, 0.15) is 48.8 Å².